The molecule has 0 amide bonds. The maximum Gasteiger partial charge on any atom is 0.136 e. The van der Waals surface area contributed by atoms with Gasteiger partial charge in [-0.25, -0.2) is 0 Å². The molecule has 0 aliphatic heterocycles. The number of hydrogen-bond acceptors (Lipinski definition) is 1. The van der Waals surface area contributed by atoms with Crippen LogP contribution >= 0.6 is 0 Å². The first kappa shape index (κ1) is 17.3. The van der Waals surface area contributed by atoms with Gasteiger partial charge in [0.25, 0.3) is 0 Å². The molecule has 0 radical (unpaired) electrons. The highest BCUT2D eigenvalue weighted by Gasteiger charge is 2.20. The highest BCUT2D eigenvalue weighted by atomic mass is 16.3. The summed E-state index contributed by atoms with van der Waals surface area (Å²) in [4.78, 5) is 0. The predicted octanol–water partition coefficient (Wildman–Crippen LogP) is 12.0. The fourth-order valence-electron chi connectivity index (χ4n) is 6.48. The molecule has 1 heteroatoms. The molecule has 0 N–H and O–H groups in total. The number of rotatable bonds is 3. The summed E-state index contributed by atoms with van der Waals surface area (Å²) in [5.41, 5.74) is 4.70. The highest BCUT2D eigenvalue weighted by Crippen LogP contribution is 2.47. The minimum atomic E-state index is -0.437. The fourth-order valence-corrected chi connectivity index (χ4v) is 6.48. The first-order valence-corrected chi connectivity index (χ1v) is 14.1. The number of hydrogen-bond donors (Lipinski definition) is 0. The summed E-state index contributed by atoms with van der Waals surface area (Å²) in [6.45, 7) is 0. The van der Waals surface area contributed by atoms with Crippen LogP contribution in [0.25, 0.3) is 87.6 Å². The second-order valence-electron chi connectivity index (χ2n) is 10.6. The summed E-state index contributed by atoms with van der Waals surface area (Å²) in [5.74, 6) is 0. The third-order valence-electron chi connectivity index (χ3n) is 8.28. The molecule has 43 heavy (non-hydrogen) atoms. The van der Waals surface area contributed by atoms with E-state index in [9.17, 15) is 5.48 Å². The normalized spacial score (nSPS) is 14.3. The molecule has 8 aromatic carbocycles. The molecule has 1 nitrogen and oxygen atoms in total. The maximum atomic E-state index is 9.41. The van der Waals surface area contributed by atoms with Crippen LogP contribution in [0.1, 0.15) is 11.0 Å². The summed E-state index contributed by atoms with van der Waals surface area (Å²) in [6.07, 6.45) is 0. The van der Waals surface area contributed by atoms with Gasteiger partial charge in [-0.05, 0) is 90.0 Å². The van der Waals surface area contributed by atoms with Crippen molar-refractivity contribution in [2.45, 2.75) is 0 Å². The summed E-state index contributed by atoms with van der Waals surface area (Å²) < 4.78 is 79.2. The number of benzene rings is 8. The summed E-state index contributed by atoms with van der Waals surface area (Å²) in [7, 11) is 0. The average Bonchev–Trinajstić information content (AvgIpc) is 3.55. The van der Waals surface area contributed by atoms with Crippen LogP contribution in [-0.4, -0.2) is 0 Å². The van der Waals surface area contributed by atoms with Crippen LogP contribution in [0.3, 0.4) is 0 Å². The molecule has 0 fully saturated rings. The van der Waals surface area contributed by atoms with Crippen LogP contribution in [0.2, 0.25) is 0 Å². The van der Waals surface area contributed by atoms with E-state index < -0.39 is 24.2 Å². The van der Waals surface area contributed by atoms with Gasteiger partial charge in [-0.15, -0.1) is 0 Å². The van der Waals surface area contributed by atoms with E-state index in [0.717, 1.165) is 27.3 Å². The summed E-state index contributed by atoms with van der Waals surface area (Å²) >= 11 is 0. The van der Waals surface area contributed by atoms with Gasteiger partial charge in [-0.1, -0.05) is 133 Å². The van der Waals surface area contributed by atoms with Gasteiger partial charge in [0.2, 0.25) is 0 Å². The molecule has 9 rings (SSSR count). The molecule has 0 aliphatic rings. The van der Waals surface area contributed by atoms with E-state index in [1.165, 1.54) is 0 Å². The quantitative estimate of drug-likeness (QED) is 0.198. The Morgan fingerprint density at radius 1 is 0.419 bits per heavy atom. The van der Waals surface area contributed by atoms with Gasteiger partial charge in [0.15, 0.2) is 0 Å². The van der Waals surface area contributed by atoms with Crippen molar-refractivity contribution < 1.29 is 15.4 Å². The Labute approximate surface area is 260 Å². The van der Waals surface area contributed by atoms with E-state index in [4.69, 9.17) is 9.90 Å². The molecule has 0 spiro atoms. The second kappa shape index (κ2) is 9.44. The van der Waals surface area contributed by atoms with Crippen molar-refractivity contribution >= 4 is 54.3 Å². The van der Waals surface area contributed by atoms with Crippen molar-refractivity contribution in [3.05, 3.63) is 158 Å². The molecule has 0 atom stereocenters. The summed E-state index contributed by atoms with van der Waals surface area (Å²) in [6, 6.07) is 31.6. The smallest absolute Gasteiger partial charge is 0.136 e. The van der Waals surface area contributed by atoms with Gasteiger partial charge in [0, 0.05) is 10.8 Å². The first-order chi connectivity index (χ1) is 24.7. The van der Waals surface area contributed by atoms with Crippen LogP contribution < -0.4 is 0 Å². The van der Waals surface area contributed by atoms with Crippen molar-refractivity contribution in [3.63, 3.8) is 0 Å². The third kappa shape index (κ3) is 3.65. The topological polar surface area (TPSA) is 13.1 Å². The van der Waals surface area contributed by atoms with Crippen LogP contribution in [0.5, 0.6) is 0 Å². The van der Waals surface area contributed by atoms with Crippen molar-refractivity contribution in [2.24, 2.45) is 0 Å². The molecule has 0 unspecified atom stereocenters. The molecule has 1 heterocycles. The zero-order valence-corrected chi connectivity index (χ0v) is 22.8. The fraction of sp³-hybridized carbons (Fsp3) is 0. The Kier molecular flexibility index (Phi) is 3.80. The molecular weight excluding hydrogens is 520 g/mol. The Morgan fingerprint density at radius 2 is 1.02 bits per heavy atom. The Bertz CT molecular complexity index is 2870. The second-order valence-corrected chi connectivity index (χ2v) is 10.6. The Hall–Kier alpha value is -5.66. The largest absolute Gasteiger partial charge is 0.456 e. The number of fused-ring (bicyclic) bond motifs is 6. The van der Waals surface area contributed by atoms with Gasteiger partial charge in [-0.2, -0.15) is 0 Å². The molecule has 9 aromatic rings. The number of para-hydroxylation sites is 1. The van der Waals surface area contributed by atoms with E-state index >= 15 is 0 Å². The van der Waals surface area contributed by atoms with Crippen LogP contribution in [0.15, 0.2) is 162 Å². The predicted molar refractivity (Wildman–Crippen MR) is 183 cm³/mol. The van der Waals surface area contributed by atoms with Crippen LogP contribution in [0, 0.1) is 0 Å². The Balaban J connectivity index is 1.59. The van der Waals surface area contributed by atoms with Gasteiger partial charge < -0.3 is 4.42 Å². The van der Waals surface area contributed by atoms with E-state index in [-0.39, 0.29) is 45.7 Å². The number of furan rings is 1. The lowest BCUT2D eigenvalue weighted by molar-refractivity contribution is 0.669. The molecule has 0 bridgehead atoms. The molecule has 200 valence electrons. The molecule has 0 saturated heterocycles. The lowest BCUT2D eigenvalue weighted by Crippen LogP contribution is -1.92. The van der Waals surface area contributed by atoms with Gasteiger partial charge in [-0.3, -0.25) is 0 Å². The molecular formula is C42H26O. The minimum Gasteiger partial charge on any atom is -0.456 e. The SMILES string of the molecule is [2H]c1c([2H])c([2H])c2c(-c3cccc4oc5ccccc5c34)c3c([2H])c([2H])c([2H])c([2H])c3c(-c3cc(-c4ccccc4)c4ccccc4c3)c2c1[2H]. The zero-order chi connectivity index (χ0) is 35.3. The van der Waals surface area contributed by atoms with Crippen LogP contribution in [-0.2, 0) is 0 Å². The van der Waals surface area contributed by atoms with E-state index in [1.54, 1.807) is 6.07 Å². The minimum absolute atomic E-state index is 0.167. The van der Waals surface area contributed by atoms with Gasteiger partial charge in [0.05, 0.1) is 11.0 Å². The van der Waals surface area contributed by atoms with Crippen molar-refractivity contribution in [2.75, 3.05) is 0 Å². The standard InChI is InChI=1S/C42H26O/c1-2-13-27(14-3-1)37-26-29(25-28-15-4-5-16-30(28)37)40-31-17-6-8-19-33(31)41(34-20-9-7-18-32(34)40)36-22-12-24-39-42(36)35-21-10-11-23-38(35)43-39/h1-26H/i6D,7D,8D,9D,17D,18D,19D,20D. The van der Waals surface area contributed by atoms with Crippen molar-refractivity contribution in [1.29, 1.82) is 0 Å². The lowest BCUT2D eigenvalue weighted by Gasteiger charge is -2.19. The van der Waals surface area contributed by atoms with E-state index in [0.29, 0.717) is 38.8 Å². The summed E-state index contributed by atoms with van der Waals surface area (Å²) in [5, 5.41) is 3.98. The maximum absolute atomic E-state index is 9.41. The molecule has 0 aliphatic carbocycles. The van der Waals surface area contributed by atoms with Crippen LogP contribution in [0.4, 0.5) is 0 Å². The van der Waals surface area contributed by atoms with Crippen molar-refractivity contribution in [1.82, 2.24) is 0 Å². The first-order valence-electron chi connectivity index (χ1n) is 18.1. The van der Waals surface area contributed by atoms with Gasteiger partial charge >= 0.3 is 0 Å². The van der Waals surface area contributed by atoms with E-state index in [1.807, 2.05) is 103 Å². The zero-order valence-electron chi connectivity index (χ0n) is 30.8. The monoisotopic (exact) mass is 554 g/mol. The lowest BCUT2D eigenvalue weighted by atomic mass is 9.83. The third-order valence-corrected chi connectivity index (χ3v) is 8.28. The average molecular weight is 555 g/mol. The van der Waals surface area contributed by atoms with E-state index in [2.05, 4.69) is 0 Å². The molecule has 1 aromatic heterocycles. The highest BCUT2D eigenvalue weighted by molar-refractivity contribution is 6.26. The van der Waals surface area contributed by atoms with Gasteiger partial charge in [0.1, 0.15) is 11.2 Å². The van der Waals surface area contributed by atoms with Crippen molar-refractivity contribution in [3.8, 4) is 33.4 Å². The molecule has 0 saturated carbocycles. The Morgan fingerprint density at radius 3 is 1.77 bits per heavy atom.